The number of amides is 1. The van der Waals surface area contributed by atoms with E-state index in [2.05, 4.69) is 20.4 Å². The molecule has 1 aliphatic carbocycles. The molecule has 176 valence electrons. The van der Waals surface area contributed by atoms with Gasteiger partial charge in [-0.3, -0.25) is 14.5 Å². The summed E-state index contributed by atoms with van der Waals surface area (Å²) in [5.74, 6) is -0.660. The Balaban J connectivity index is 1.63. The second-order valence-electron chi connectivity index (χ2n) is 7.33. The molecule has 0 spiro atoms. The standard InChI is InChI=1S/C19H14ClF6N5O2/c1-31-11(6-14(30-31)19(24,25)26)16(32)28-10-3-2-4-12-15(10)29-17(33-12)8-5-13(18(21,22)23)27-7-9(8)20/h5-7,10H,2-4H2,1H3,(H,28,32). The Morgan fingerprint density at radius 1 is 1.18 bits per heavy atom. The molecule has 0 aliphatic heterocycles. The summed E-state index contributed by atoms with van der Waals surface area (Å²) < 4.78 is 84.2. The Labute approximate surface area is 186 Å². The van der Waals surface area contributed by atoms with Crippen LogP contribution in [0.25, 0.3) is 11.5 Å². The molecule has 0 aromatic carbocycles. The average Bonchev–Trinajstić information content (AvgIpc) is 3.31. The van der Waals surface area contributed by atoms with Crippen LogP contribution in [0.4, 0.5) is 26.3 Å². The fourth-order valence-electron chi connectivity index (χ4n) is 3.48. The van der Waals surface area contributed by atoms with Gasteiger partial charge in [0.25, 0.3) is 5.91 Å². The maximum Gasteiger partial charge on any atom is 0.435 e. The smallest absolute Gasteiger partial charge is 0.435 e. The van der Waals surface area contributed by atoms with Gasteiger partial charge in [-0.2, -0.15) is 31.4 Å². The van der Waals surface area contributed by atoms with Crippen LogP contribution in [0, 0.1) is 0 Å². The van der Waals surface area contributed by atoms with Crippen molar-refractivity contribution in [1.82, 2.24) is 25.1 Å². The number of halogens is 7. The summed E-state index contributed by atoms with van der Waals surface area (Å²) in [6.07, 6.45) is -7.23. The van der Waals surface area contributed by atoms with E-state index in [0.29, 0.717) is 37.2 Å². The highest BCUT2D eigenvalue weighted by atomic mass is 35.5. The van der Waals surface area contributed by atoms with Gasteiger partial charge in [0.15, 0.2) is 5.69 Å². The van der Waals surface area contributed by atoms with Crippen LogP contribution in [0.2, 0.25) is 5.02 Å². The minimum Gasteiger partial charge on any atom is -0.441 e. The number of carbonyl (C=O) groups is 1. The third kappa shape index (κ3) is 4.54. The van der Waals surface area contributed by atoms with E-state index in [-0.39, 0.29) is 27.9 Å². The highest BCUT2D eigenvalue weighted by Gasteiger charge is 2.37. The molecule has 3 heterocycles. The molecule has 7 nitrogen and oxygen atoms in total. The Hall–Kier alpha value is -3.09. The van der Waals surface area contributed by atoms with Gasteiger partial charge in [-0.05, 0) is 18.9 Å². The summed E-state index contributed by atoms with van der Waals surface area (Å²) in [6.45, 7) is 0. The van der Waals surface area contributed by atoms with Gasteiger partial charge in [0.2, 0.25) is 5.89 Å². The van der Waals surface area contributed by atoms with Crippen LogP contribution in [0.15, 0.2) is 22.7 Å². The zero-order valence-electron chi connectivity index (χ0n) is 16.7. The van der Waals surface area contributed by atoms with E-state index >= 15 is 0 Å². The second kappa shape index (κ2) is 8.04. The van der Waals surface area contributed by atoms with Gasteiger partial charge < -0.3 is 9.73 Å². The molecule has 4 rings (SSSR count). The fraction of sp³-hybridized carbons (Fsp3) is 0.368. The predicted molar refractivity (Wildman–Crippen MR) is 101 cm³/mol. The van der Waals surface area contributed by atoms with Gasteiger partial charge in [-0.15, -0.1) is 0 Å². The number of pyridine rings is 1. The first-order valence-corrected chi connectivity index (χ1v) is 9.87. The number of hydrogen-bond acceptors (Lipinski definition) is 5. The van der Waals surface area contributed by atoms with Gasteiger partial charge in [-0.25, -0.2) is 4.98 Å². The molecule has 0 bridgehead atoms. The summed E-state index contributed by atoms with van der Waals surface area (Å²) in [6, 6.07) is 0.607. The van der Waals surface area contributed by atoms with Crippen LogP contribution in [0.3, 0.4) is 0 Å². The van der Waals surface area contributed by atoms with E-state index in [9.17, 15) is 31.1 Å². The number of fused-ring (bicyclic) bond motifs is 1. The molecule has 0 saturated carbocycles. The molecule has 1 N–H and O–H groups in total. The fourth-order valence-corrected chi connectivity index (χ4v) is 3.67. The Morgan fingerprint density at radius 3 is 2.52 bits per heavy atom. The topological polar surface area (TPSA) is 85.8 Å². The molecule has 14 heteroatoms. The van der Waals surface area contributed by atoms with Crippen molar-refractivity contribution in [1.29, 1.82) is 0 Å². The maximum absolute atomic E-state index is 13.0. The quantitative estimate of drug-likeness (QED) is 0.521. The minimum atomic E-state index is -4.71. The minimum absolute atomic E-state index is 0.114. The van der Waals surface area contributed by atoms with E-state index in [1.165, 1.54) is 7.05 Å². The number of nitrogens with one attached hydrogen (secondary N) is 1. The van der Waals surface area contributed by atoms with Crippen molar-refractivity contribution in [2.75, 3.05) is 0 Å². The summed E-state index contributed by atoms with van der Waals surface area (Å²) >= 11 is 6.00. The van der Waals surface area contributed by atoms with Crippen molar-refractivity contribution < 1.29 is 35.6 Å². The lowest BCUT2D eigenvalue weighted by Gasteiger charge is -2.21. The van der Waals surface area contributed by atoms with Crippen molar-refractivity contribution >= 4 is 17.5 Å². The molecule has 1 aliphatic rings. The predicted octanol–water partition coefficient (Wildman–Crippen LogP) is 4.97. The first kappa shape index (κ1) is 23.1. The Bertz CT molecular complexity index is 1220. The van der Waals surface area contributed by atoms with Gasteiger partial charge in [0.05, 0.1) is 16.6 Å². The van der Waals surface area contributed by atoms with Crippen LogP contribution in [0.1, 0.15) is 52.2 Å². The van der Waals surface area contributed by atoms with Gasteiger partial charge in [-0.1, -0.05) is 11.6 Å². The molecule has 0 fully saturated rings. The first-order valence-electron chi connectivity index (χ1n) is 9.49. The summed E-state index contributed by atoms with van der Waals surface area (Å²) in [5, 5.41) is 5.79. The maximum atomic E-state index is 13.0. The monoisotopic (exact) mass is 493 g/mol. The third-order valence-electron chi connectivity index (χ3n) is 5.04. The number of hydrogen-bond donors (Lipinski definition) is 1. The molecule has 1 unspecified atom stereocenters. The highest BCUT2D eigenvalue weighted by molar-refractivity contribution is 6.33. The molecule has 1 amide bonds. The van der Waals surface area contributed by atoms with E-state index in [0.717, 1.165) is 10.9 Å². The summed E-state index contributed by atoms with van der Waals surface area (Å²) in [7, 11) is 1.20. The number of oxazole rings is 1. The van der Waals surface area contributed by atoms with Crippen molar-refractivity contribution in [2.24, 2.45) is 7.05 Å². The molecule has 3 aromatic rings. The number of aryl methyl sites for hydroxylation is 2. The number of carbonyl (C=O) groups excluding carboxylic acids is 1. The van der Waals surface area contributed by atoms with E-state index in [1.807, 2.05) is 0 Å². The molecule has 3 aromatic heterocycles. The zero-order valence-corrected chi connectivity index (χ0v) is 17.4. The van der Waals surface area contributed by atoms with Crippen molar-refractivity contribution in [3.63, 3.8) is 0 Å². The van der Waals surface area contributed by atoms with Gasteiger partial charge in [0.1, 0.15) is 22.8 Å². The average molecular weight is 494 g/mol. The first-order chi connectivity index (χ1) is 15.3. The lowest BCUT2D eigenvalue weighted by Crippen LogP contribution is -2.32. The van der Waals surface area contributed by atoms with E-state index in [1.54, 1.807) is 0 Å². The lowest BCUT2D eigenvalue weighted by molar-refractivity contribution is -0.142. The lowest BCUT2D eigenvalue weighted by atomic mass is 9.96. The van der Waals surface area contributed by atoms with E-state index in [4.69, 9.17) is 16.0 Å². The van der Waals surface area contributed by atoms with Crippen LogP contribution in [0.5, 0.6) is 0 Å². The molecule has 0 radical (unpaired) electrons. The Kier molecular flexibility index (Phi) is 5.63. The van der Waals surface area contributed by atoms with Crippen LogP contribution >= 0.6 is 11.6 Å². The third-order valence-corrected chi connectivity index (χ3v) is 5.34. The molecular weight excluding hydrogens is 480 g/mol. The molecular formula is C19H14ClF6N5O2. The molecule has 0 saturated heterocycles. The van der Waals surface area contributed by atoms with Crippen LogP contribution in [-0.2, 0) is 25.8 Å². The second-order valence-corrected chi connectivity index (χ2v) is 7.74. The number of nitrogens with zero attached hydrogens (tertiary/aromatic N) is 4. The van der Waals surface area contributed by atoms with Crippen molar-refractivity contribution in [2.45, 2.75) is 37.7 Å². The normalized spacial score (nSPS) is 16.5. The van der Waals surface area contributed by atoms with Crippen LogP contribution < -0.4 is 5.32 Å². The van der Waals surface area contributed by atoms with Gasteiger partial charge >= 0.3 is 12.4 Å². The largest absolute Gasteiger partial charge is 0.441 e. The number of aromatic nitrogens is 4. The highest BCUT2D eigenvalue weighted by Crippen LogP contribution is 2.38. The van der Waals surface area contributed by atoms with Crippen molar-refractivity contribution in [3.05, 3.63) is 51.9 Å². The Morgan fingerprint density at radius 2 is 1.88 bits per heavy atom. The summed E-state index contributed by atoms with van der Waals surface area (Å²) in [4.78, 5) is 20.1. The zero-order chi connectivity index (χ0) is 24.1. The van der Waals surface area contributed by atoms with Crippen LogP contribution in [-0.4, -0.2) is 25.7 Å². The van der Waals surface area contributed by atoms with Crippen molar-refractivity contribution in [3.8, 4) is 11.5 Å². The number of alkyl halides is 6. The number of rotatable bonds is 3. The molecule has 1 atom stereocenters. The van der Waals surface area contributed by atoms with E-state index < -0.39 is 35.7 Å². The SMILES string of the molecule is Cn1nc(C(F)(F)F)cc1C(=O)NC1CCCc2oc(-c3cc(C(F)(F)F)ncc3Cl)nc21. The van der Waals surface area contributed by atoms with Gasteiger partial charge in [0, 0.05) is 25.7 Å². The molecule has 33 heavy (non-hydrogen) atoms. The summed E-state index contributed by atoms with van der Waals surface area (Å²) in [5.41, 5.74) is -2.56.